The van der Waals surface area contributed by atoms with Crippen LogP contribution < -0.4 is 5.32 Å². The minimum absolute atomic E-state index is 0.0489. The van der Waals surface area contributed by atoms with Gasteiger partial charge in [0, 0.05) is 6.54 Å². The number of thioether (sulfide) groups is 1. The first kappa shape index (κ1) is 32.7. The van der Waals surface area contributed by atoms with E-state index in [2.05, 4.69) is 83.1 Å². The number of pyridine rings is 1. The van der Waals surface area contributed by atoms with Crippen molar-refractivity contribution in [2.75, 3.05) is 19.3 Å². The lowest BCUT2D eigenvalue weighted by molar-refractivity contribution is -0.138. The number of rotatable bonds is 16. The molecular formula is C36H39N3O4S. The molecular weight excluding hydrogens is 570 g/mol. The molecule has 0 bridgehead atoms. The van der Waals surface area contributed by atoms with E-state index in [1.54, 1.807) is 24.1 Å². The molecule has 0 saturated carbocycles. The Morgan fingerprint density at radius 3 is 1.95 bits per heavy atom. The summed E-state index contributed by atoms with van der Waals surface area (Å²) in [7, 11) is 1.71. The summed E-state index contributed by atoms with van der Waals surface area (Å²) in [4.78, 5) is 29.5. The van der Waals surface area contributed by atoms with Crippen LogP contribution in [0.4, 0.5) is 0 Å². The number of nitrogens with zero attached hydrogens (tertiary/aromatic N) is 2. The van der Waals surface area contributed by atoms with Gasteiger partial charge in [0.15, 0.2) is 0 Å². The molecule has 0 saturated heterocycles. The molecule has 1 atom stereocenters. The fourth-order valence-corrected chi connectivity index (χ4v) is 6.57. The van der Waals surface area contributed by atoms with Gasteiger partial charge in [0.2, 0.25) is 5.91 Å². The normalized spacial score (nSPS) is 12.3. The number of hydrogen-bond donors (Lipinski definition) is 3. The van der Waals surface area contributed by atoms with E-state index in [0.29, 0.717) is 12.2 Å². The van der Waals surface area contributed by atoms with E-state index in [9.17, 15) is 14.7 Å². The molecule has 0 aliphatic heterocycles. The average molecular weight is 610 g/mol. The Morgan fingerprint density at radius 2 is 1.41 bits per heavy atom. The predicted octanol–water partition coefficient (Wildman–Crippen LogP) is 5.64. The predicted molar refractivity (Wildman–Crippen MR) is 176 cm³/mol. The zero-order valence-electron chi connectivity index (χ0n) is 24.9. The number of aliphatic hydroxyl groups is 1. The fraction of sp³-hybridized carbons (Fsp3) is 0.250. The molecule has 4 aromatic rings. The first-order valence-corrected chi connectivity index (χ1v) is 15.6. The summed E-state index contributed by atoms with van der Waals surface area (Å²) in [5.74, 6) is -0.373. The summed E-state index contributed by atoms with van der Waals surface area (Å²) in [5.41, 5.74) is 5.00. The molecule has 3 aromatic carbocycles. The maximum Gasteiger partial charge on any atom is 0.317 e. The van der Waals surface area contributed by atoms with Crippen molar-refractivity contribution in [3.63, 3.8) is 0 Å². The molecule has 0 radical (unpaired) electrons. The first-order chi connectivity index (χ1) is 21.4. The Kier molecular flexibility index (Phi) is 12.3. The fourth-order valence-electron chi connectivity index (χ4n) is 5.10. The van der Waals surface area contributed by atoms with Crippen LogP contribution in [0.25, 0.3) is 0 Å². The number of nitrogens with one attached hydrogen (secondary N) is 1. The van der Waals surface area contributed by atoms with Gasteiger partial charge in [0.05, 0.1) is 41.7 Å². The number of aliphatic hydroxyl groups excluding tert-OH is 1. The molecule has 1 unspecified atom stereocenters. The van der Waals surface area contributed by atoms with Crippen LogP contribution in [0.5, 0.6) is 0 Å². The number of benzene rings is 3. The van der Waals surface area contributed by atoms with Crippen molar-refractivity contribution in [1.29, 1.82) is 0 Å². The van der Waals surface area contributed by atoms with Crippen molar-refractivity contribution in [1.82, 2.24) is 15.2 Å². The van der Waals surface area contributed by atoms with Gasteiger partial charge < -0.3 is 15.5 Å². The lowest BCUT2D eigenvalue weighted by atomic mass is 9.84. The molecule has 3 N–H and O–H groups in total. The lowest BCUT2D eigenvalue weighted by Crippen LogP contribution is -2.27. The monoisotopic (exact) mass is 609 g/mol. The van der Waals surface area contributed by atoms with Gasteiger partial charge in [-0.05, 0) is 48.0 Å². The number of carboxylic acid groups (broad SMARTS) is 1. The zero-order chi connectivity index (χ0) is 31.2. The van der Waals surface area contributed by atoms with Gasteiger partial charge in [-0.1, -0.05) is 109 Å². The van der Waals surface area contributed by atoms with Crippen LogP contribution in [0.3, 0.4) is 0 Å². The third kappa shape index (κ3) is 9.38. The van der Waals surface area contributed by atoms with Crippen LogP contribution in [0.2, 0.25) is 0 Å². The summed E-state index contributed by atoms with van der Waals surface area (Å²) < 4.78 is -0.396. The molecule has 4 rings (SSSR count). The van der Waals surface area contributed by atoms with Gasteiger partial charge in [0.1, 0.15) is 0 Å². The number of amides is 1. The maximum atomic E-state index is 12.5. The van der Waals surface area contributed by atoms with E-state index in [-0.39, 0.29) is 25.4 Å². The smallest absolute Gasteiger partial charge is 0.317 e. The highest BCUT2D eigenvalue weighted by Crippen LogP contribution is 2.48. The Morgan fingerprint density at radius 1 is 0.864 bits per heavy atom. The number of aromatic nitrogens is 1. The molecule has 0 aliphatic rings. The number of carbonyl (C=O) groups is 2. The van der Waals surface area contributed by atoms with Gasteiger partial charge >= 0.3 is 5.97 Å². The zero-order valence-corrected chi connectivity index (χ0v) is 25.7. The Balaban J connectivity index is 1.32. The number of aliphatic carboxylic acids is 1. The van der Waals surface area contributed by atoms with Crippen LogP contribution in [0.15, 0.2) is 121 Å². The lowest BCUT2D eigenvalue weighted by Gasteiger charge is -2.35. The Hall–Kier alpha value is -4.24. The summed E-state index contributed by atoms with van der Waals surface area (Å²) in [6.07, 6.45) is 3.41. The van der Waals surface area contributed by atoms with Crippen molar-refractivity contribution in [2.45, 2.75) is 36.8 Å². The van der Waals surface area contributed by atoms with Gasteiger partial charge in [-0.25, -0.2) is 0 Å². The Labute approximate surface area is 263 Å². The van der Waals surface area contributed by atoms with E-state index in [4.69, 9.17) is 5.11 Å². The highest BCUT2D eigenvalue weighted by atomic mass is 32.2. The molecule has 7 nitrogen and oxygen atoms in total. The summed E-state index contributed by atoms with van der Waals surface area (Å²) in [6, 6.07) is 37.1. The van der Waals surface area contributed by atoms with E-state index < -0.39 is 16.8 Å². The highest BCUT2D eigenvalue weighted by molar-refractivity contribution is 8.00. The van der Waals surface area contributed by atoms with Crippen molar-refractivity contribution in [3.05, 3.63) is 149 Å². The van der Waals surface area contributed by atoms with Gasteiger partial charge in [-0.3, -0.25) is 19.5 Å². The SMILES string of the molecule is CN(CC(=O)O)Cc1cccc(CNC(=O)CC(O)C=CCCSC(c2ccccc2)(c2ccccc2)c2ccccc2)n1. The molecule has 1 heterocycles. The third-order valence-corrected chi connectivity index (χ3v) is 8.64. The van der Waals surface area contributed by atoms with Crippen LogP contribution in [-0.4, -0.2) is 57.4 Å². The molecule has 1 aromatic heterocycles. The second-order valence-electron chi connectivity index (χ2n) is 10.6. The number of allylic oxidation sites excluding steroid dienone is 1. The van der Waals surface area contributed by atoms with Crippen molar-refractivity contribution in [2.24, 2.45) is 0 Å². The first-order valence-electron chi connectivity index (χ1n) is 14.6. The minimum atomic E-state index is -0.901. The van der Waals surface area contributed by atoms with E-state index in [0.717, 1.165) is 17.9 Å². The molecule has 0 aliphatic carbocycles. The van der Waals surface area contributed by atoms with Crippen LogP contribution >= 0.6 is 11.8 Å². The van der Waals surface area contributed by atoms with E-state index in [1.165, 1.54) is 16.7 Å². The number of likely N-dealkylation sites (N-methyl/N-ethyl adjacent to an activating group) is 1. The highest BCUT2D eigenvalue weighted by Gasteiger charge is 2.36. The molecule has 228 valence electrons. The van der Waals surface area contributed by atoms with Crippen molar-refractivity contribution < 1.29 is 19.8 Å². The molecule has 1 amide bonds. The minimum Gasteiger partial charge on any atom is -0.480 e. The second kappa shape index (κ2) is 16.6. The van der Waals surface area contributed by atoms with E-state index in [1.807, 2.05) is 48.2 Å². The topological polar surface area (TPSA) is 103 Å². The summed E-state index contributed by atoms with van der Waals surface area (Å²) >= 11 is 1.86. The van der Waals surface area contributed by atoms with Crippen LogP contribution in [0, 0.1) is 0 Å². The molecule has 44 heavy (non-hydrogen) atoms. The van der Waals surface area contributed by atoms with Crippen molar-refractivity contribution in [3.8, 4) is 0 Å². The third-order valence-electron chi connectivity index (χ3n) is 7.07. The quantitative estimate of drug-likeness (QED) is 0.0859. The van der Waals surface area contributed by atoms with Crippen LogP contribution in [0.1, 0.15) is 40.9 Å². The van der Waals surface area contributed by atoms with Gasteiger partial charge in [0.25, 0.3) is 0 Å². The largest absolute Gasteiger partial charge is 0.480 e. The number of hydrogen-bond acceptors (Lipinski definition) is 6. The summed E-state index contributed by atoms with van der Waals surface area (Å²) in [6.45, 7) is 0.530. The number of carboxylic acids is 1. The molecule has 0 fully saturated rings. The second-order valence-corrected chi connectivity index (χ2v) is 11.9. The number of carbonyl (C=O) groups excluding carboxylic acids is 1. The van der Waals surface area contributed by atoms with Gasteiger partial charge in [-0.2, -0.15) is 0 Å². The Bertz CT molecular complexity index is 1400. The molecule has 0 spiro atoms. The summed E-state index contributed by atoms with van der Waals surface area (Å²) in [5, 5.41) is 22.3. The van der Waals surface area contributed by atoms with Gasteiger partial charge in [-0.15, -0.1) is 11.8 Å². The van der Waals surface area contributed by atoms with Crippen LogP contribution in [-0.2, 0) is 27.4 Å². The maximum absolute atomic E-state index is 12.5. The average Bonchev–Trinajstić information content (AvgIpc) is 3.03. The van der Waals surface area contributed by atoms with E-state index >= 15 is 0 Å². The molecule has 8 heteroatoms. The van der Waals surface area contributed by atoms with Crippen molar-refractivity contribution >= 4 is 23.6 Å². The standard InChI is InChI=1S/C36H39N3O4S/c1-39(27-35(42)43)26-32-21-13-20-31(38-32)25-37-34(41)24-33(40)22-11-12-23-44-36(28-14-5-2-6-15-28,29-16-7-3-8-17-29)30-18-9-4-10-19-30/h2-11,13-22,33,40H,12,23-27H2,1H3,(H,37,41)(H,42,43).